The van der Waals surface area contributed by atoms with Crippen molar-refractivity contribution in [1.82, 2.24) is 0 Å². The molecule has 2 aliphatic heterocycles. The Kier molecular flexibility index (Phi) is 14.1. The van der Waals surface area contributed by atoms with Crippen LogP contribution in [0.25, 0.3) is 0 Å². The van der Waals surface area contributed by atoms with Gasteiger partial charge in [0.1, 0.15) is 42.7 Å². The van der Waals surface area contributed by atoms with Crippen molar-refractivity contribution in [2.45, 2.75) is 113 Å². The van der Waals surface area contributed by atoms with Crippen LogP contribution in [0.15, 0.2) is 0 Å². The van der Waals surface area contributed by atoms with E-state index in [2.05, 4.69) is 0 Å². The number of aliphatic carboxylic acids is 1. The minimum atomic E-state index is -1.59. The first kappa shape index (κ1) is 33.2. The van der Waals surface area contributed by atoms with Gasteiger partial charge in [-0.3, -0.25) is 0 Å². The zero-order chi connectivity index (χ0) is 26.4. The first-order valence-electron chi connectivity index (χ1n) is 12.6. The fourth-order valence-electron chi connectivity index (χ4n) is 4.95. The van der Waals surface area contributed by atoms with Gasteiger partial charge in [-0.1, -0.05) is 32.1 Å². The first-order valence-corrected chi connectivity index (χ1v) is 12.6. The quantitative estimate of drug-likeness (QED) is 0.105. The van der Waals surface area contributed by atoms with E-state index in [0.717, 1.165) is 32.1 Å². The van der Waals surface area contributed by atoms with Crippen LogP contribution in [-0.4, -0.2) is 124 Å². The van der Waals surface area contributed by atoms with Crippen molar-refractivity contribution in [2.24, 2.45) is 5.92 Å². The van der Waals surface area contributed by atoms with Gasteiger partial charge in [0.05, 0.1) is 38.0 Å². The van der Waals surface area contributed by atoms with E-state index in [1.165, 1.54) is 6.92 Å². The van der Waals surface area contributed by atoms with E-state index in [4.69, 9.17) is 23.7 Å². The monoisotopic (exact) mass is 546 g/mol. The number of aliphatic hydroxyl groups is 6. The second-order valence-corrected chi connectivity index (χ2v) is 9.78. The molecule has 0 aromatic heterocycles. The van der Waals surface area contributed by atoms with Crippen molar-refractivity contribution >= 4 is 5.97 Å². The van der Waals surface area contributed by atoms with Crippen LogP contribution in [0.3, 0.4) is 0 Å². The van der Waals surface area contributed by atoms with Crippen molar-refractivity contribution in [3.63, 3.8) is 0 Å². The Bertz CT molecular complexity index is 681. The van der Waals surface area contributed by atoms with Crippen LogP contribution in [0.4, 0.5) is 0 Å². The summed E-state index contributed by atoms with van der Waals surface area (Å²) in [6.45, 7) is 0.496. The molecule has 0 bridgehead atoms. The van der Waals surface area contributed by atoms with E-state index in [9.17, 15) is 40.5 Å². The number of rotatable bonds is 11. The number of carbonyl (C=O) groups excluding carboxylic acids is 1. The molecule has 0 amide bonds. The Labute approximate surface area is 237 Å². The topological polar surface area (TPSA) is 208 Å². The minimum absolute atomic E-state index is 0. The molecule has 2 saturated heterocycles. The van der Waals surface area contributed by atoms with Crippen LogP contribution < -0.4 is 34.7 Å². The molecule has 13 nitrogen and oxygen atoms in total. The molecule has 3 aliphatic rings. The summed E-state index contributed by atoms with van der Waals surface area (Å²) in [6.07, 6.45) is -9.73. The molecule has 6 N–H and O–H groups in total. The van der Waals surface area contributed by atoms with Crippen molar-refractivity contribution < 1.29 is 93.8 Å². The van der Waals surface area contributed by atoms with E-state index in [-0.39, 0.29) is 55.1 Å². The standard InChI is InChI=1S/C23H40O13.Na/c1-11-15(25)17(27)18(28)22(34-11)32-7-8-33-23-19(29)20(16(26)14(10-24)36-23)35-13(21(30)31)9-12-5-3-2-4-6-12;/h11-20,22-29H,2-10H2,1H3,(H,30,31);/q;+1/p-1/t11-,13-,14+,15+,16-,17+,18-,19+,20-,22+,23+;/m0./s1. The number of hydrogen-bond acceptors (Lipinski definition) is 13. The van der Waals surface area contributed by atoms with Crippen molar-refractivity contribution in [2.75, 3.05) is 19.8 Å². The van der Waals surface area contributed by atoms with Gasteiger partial charge < -0.3 is 64.2 Å². The average Bonchev–Trinajstić information content (AvgIpc) is 2.86. The van der Waals surface area contributed by atoms with Crippen molar-refractivity contribution in [3.8, 4) is 0 Å². The van der Waals surface area contributed by atoms with Gasteiger partial charge in [0.15, 0.2) is 12.6 Å². The molecule has 1 saturated carbocycles. The number of ether oxygens (including phenoxy) is 5. The maximum Gasteiger partial charge on any atom is 1.00 e. The molecule has 3 rings (SSSR count). The maximum absolute atomic E-state index is 11.8. The molecule has 37 heavy (non-hydrogen) atoms. The number of aliphatic hydroxyl groups excluding tert-OH is 6. The Morgan fingerprint density at radius 2 is 1.49 bits per heavy atom. The Morgan fingerprint density at radius 1 is 0.892 bits per heavy atom. The summed E-state index contributed by atoms with van der Waals surface area (Å²) in [4.78, 5) is 11.8. The summed E-state index contributed by atoms with van der Waals surface area (Å²) in [5.74, 6) is -1.32. The fourth-order valence-corrected chi connectivity index (χ4v) is 4.95. The van der Waals surface area contributed by atoms with Crippen LogP contribution in [0, 0.1) is 5.92 Å². The van der Waals surface area contributed by atoms with Crippen molar-refractivity contribution in [1.29, 1.82) is 0 Å². The van der Waals surface area contributed by atoms with E-state index < -0.39 is 80.1 Å². The smallest absolute Gasteiger partial charge is 0.547 e. The maximum atomic E-state index is 11.8. The number of carboxylic acids is 1. The normalized spacial score (nSPS) is 40.1. The van der Waals surface area contributed by atoms with Gasteiger partial charge in [0, 0.05) is 0 Å². The van der Waals surface area contributed by atoms with E-state index >= 15 is 0 Å². The molecule has 0 aromatic carbocycles. The molecule has 11 atom stereocenters. The van der Waals surface area contributed by atoms with Crippen LogP contribution >= 0.6 is 0 Å². The summed E-state index contributed by atoms with van der Waals surface area (Å²) >= 11 is 0. The zero-order valence-electron chi connectivity index (χ0n) is 21.3. The van der Waals surface area contributed by atoms with Crippen LogP contribution in [-0.2, 0) is 28.5 Å². The summed E-state index contributed by atoms with van der Waals surface area (Å²) in [6, 6.07) is 0. The summed E-state index contributed by atoms with van der Waals surface area (Å²) in [7, 11) is 0. The van der Waals surface area contributed by atoms with Gasteiger partial charge in [-0.2, -0.15) is 0 Å². The summed E-state index contributed by atoms with van der Waals surface area (Å²) in [5, 5.41) is 72.2. The van der Waals surface area contributed by atoms with Crippen LogP contribution in [0.1, 0.15) is 45.4 Å². The van der Waals surface area contributed by atoms with Crippen molar-refractivity contribution in [3.05, 3.63) is 0 Å². The van der Waals surface area contributed by atoms with Gasteiger partial charge in [-0.25, -0.2) is 0 Å². The SMILES string of the molecule is C[C@@H]1O[C@@H](OCCO[C@@H]2O[C@H](CO)[C@H](O)[C@H](O[C@@H](CC3CCCCC3)C(=O)[O-])[C@H]2O)[C@@H](O)[C@H](O)[C@@H]1O.[Na+]. The first-order chi connectivity index (χ1) is 17.1. The van der Waals surface area contributed by atoms with Gasteiger partial charge in [0.2, 0.25) is 0 Å². The Balaban J connectivity index is 0.00000481. The van der Waals surface area contributed by atoms with E-state index in [1.807, 2.05) is 0 Å². The fraction of sp³-hybridized carbons (Fsp3) is 0.957. The van der Waals surface area contributed by atoms with Gasteiger partial charge >= 0.3 is 29.6 Å². The second kappa shape index (κ2) is 15.7. The molecule has 0 spiro atoms. The van der Waals surface area contributed by atoms with Crippen LogP contribution in [0.2, 0.25) is 0 Å². The third-order valence-corrected chi connectivity index (χ3v) is 7.13. The second-order valence-electron chi connectivity index (χ2n) is 9.78. The number of carboxylic acid groups (broad SMARTS) is 1. The average molecular weight is 547 g/mol. The molecular formula is C23H39NaO13. The van der Waals surface area contributed by atoms with Gasteiger partial charge in [0.25, 0.3) is 0 Å². The third kappa shape index (κ3) is 8.76. The molecular weight excluding hydrogens is 507 g/mol. The van der Waals surface area contributed by atoms with E-state index in [0.29, 0.717) is 0 Å². The molecule has 0 aromatic rings. The zero-order valence-corrected chi connectivity index (χ0v) is 23.3. The molecule has 3 fully saturated rings. The van der Waals surface area contributed by atoms with Gasteiger partial charge in [-0.05, 0) is 19.3 Å². The molecule has 210 valence electrons. The number of hydrogen-bond donors (Lipinski definition) is 6. The molecule has 1 aliphatic carbocycles. The largest absolute Gasteiger partial charge is 1.00 e. The summed E-state index contributed by atoms with van der Waals surface area (Å²) in [5.41, 5.74) is 0. The summed E-state index contributed by atoms with van der Waals surface area (Å²) < 4.78 is 27.2. The molecule has 0 radical (unpaired) electrons. The predicted molar refractivity (Wildman–Crippen MR) is 117 cm³/mol. The molecule has 0 unspecified atom stereocenters. The van der Waals surface area contributed by atoms with E-state index in [1.54, 1.807) is 0 Å². The molecule has 14 heteroatoms. The number of carbonyl (C=O) groups is 1. The van der Waals surface area contributed by atoms with Gasteiger partial charge in [-0.15, -0.1) is 0 Å². The van der Waals surface area contributed by atoms with Crippen LogP contribution in [0.5, 0.6) is 0 Å². The third-order valence-electron chi connectivity index (χ3n) is 7.13. The Hall–Kier alpha value is 0.0300. The minimum Gasteiger partial charge on any atom is -0.547 e. The molecule has 2 heterocycles. The predicted octanol–water partition coefficient (Wildman–Crippen LogP) is -6.24. The Morgan fingerprint density at radius 3 is 2.05 bits per heavy atom.